The summed E-state index contributed by atoms with van der Waals surface area (Å²) in [6.45, 7) is -0.0929. The molecular weight excluding hydrogens is 617 g/mol. The molecule has 0 saturated heterocycles. The lowest BCUT2D eigenvalue weighted by molar-refractivity contribution is 0.0696. The lowest BCUT2D eigenvalue weighted by Crippen LogP contribution is -2.42. The highest BCUT2D eigenvalue weighted by Crippen LogP contribution is 2.36. The predicted octanol–water partition coefficient (Wildman–Crippen LogP) is 3.91. The van der Waals surface area contributed by atoms with Crippen LogP contribution in [-0.4, -0.2) is 46.5 Å². The zero-order valence-electron chi connectivity index (χ0n) is 23.7. The first-order chi connectivity index (χ1) is 21.5. The fraction of sp³-hybridized carbons (Fsp3) is 0.241. The standard InChI is InChI=1S/C29H26ClF3N8O4/c1-39-14-18-16(5-3-2-4-7-34)25(19(30)11-22(18)38-39)36-27-37-28(44)41(23-12-35-8-6-17(23)26(42)43)29(45)40(27)13-15-9-20(31)24(33)21(32)10-15/h6,8-12,14H,2-5,7,13,34H2,1H3,(H,42,43)(H,36,37,44). The van der Waals surface area contributed by atoms with E-state index in [-0.39, 0.29) is 22.2 Å². The van der Waals surface area contributed by atoms with Gasteiger partial charge in [0, 0.05) is 24.8 Å². The summed E-state index contributed by atoms with van der Waals surface area (Å²) in [5, 5.41) is 18.0. The smallest absolute Gasteiger partial charge is 0.359 e. The van der Waals surface area contributed by atoms with Crippen LogP contribution in [0.3, 0.4) is 0 Å². The number of benzene rings is 2. The maximum absolute atomic E-state index is 14.2. The summed E-state index contributed by atoms with van der Waals surface area (Å²) in [7, 11) is 1.74. The van der Waals surface area contributed by atoms with Crippen LogP contribution in [0, 0.1) is 17.5 Å². The maximum atomic E-state index is 14.2. The van der Waals surface area contributed by atoms with Gasteiger partial charge < -0.3 is 16.2 Å². The number of aryl methyl sites for hydroxylation is 2. The molecule has 0 aliphatic carbocycles. The van der Waals surface area contributed by atoms with Gasteiger partial charge in [0.2, 0.25) is 5.95 Å². The van der Waals surface area contributed by atoms with E-state index in [0.717, 1.165) is 41.3 Å². The quantitative estimate of drug-likeness (QED) is 0.143. The third-order valence-electron chi connectivity index (χ3n) is 7.08. The summed E-state index contributed by atoms with van der Waals surface area (Å²) in [4.78, 5) is 47.1. The molecule has 0 atom stereocenters. The van der Waals surface area contributed by atoms with Crippen molar-refractivity contribution in [2.24, 2.45) is 12.8 Å². The number of hydrogen-bond acceptors (Lipinski definition) is 8. The minimum Gasteiger partial charge on any atom is -0.478 e. The maximum Gasteiger partial charge on any atom is 0.359 e. The summed E-state index contributed by atoms with van der Waals surface area (Å²) in [6, 6.07) is 4.05. The van der Waals surface area contributed by atoms with Gasteiger partial charge in [-0.25, -0.2) is 32.1 Å². The molecule has 0 amide bonds. The average molecular weight is 643 g/mol. The second-order valence-corrected chi connectivity index (χ2v) is 10.6. The van der Waals surface area contributed by atoms with Gasteiger partial charge in [-0.05, 0) is 61.2 Å². The van der Waals surface area contributed by atoms with Crippen molar-refractivity contribution in [3.8, 4) is 5.69 Å². The van der Waals surface area contributed by atoms with E-state index < -0.39 is 46.9 Å². The molecule has 0 saturated carbocycles. The molecule has 16 heteroatoms. The summed E-state index contributed by atoms with van der Waals surface area (Å²) in [5.41, 5.74) is 3.94. The zero-order chi connectivity index (χ0) is 32.4. The third-order valence-corrected chi connectivity index (χ3v) is 7.38. The van der Waals surface area contributed by atoms with Gasteiger partial charge in [-0.3, -0.25) is 14.2 Å². The van der Waals surface area contributed by atoms with Crippen molar-refractivity contribution in [1.29, 1.82) is 0 Å². The first-order valence-electron chi connectivity index (χ1n) is 13.7. The SMILES string of the molecule is Cn1cc2c(CCCCCN)c(Nc3nc(=O)n(-c4cnccc4C(=O)O)c(=O)n3Cc3cc(F)c(F)c(F)c3)c(Cl)cc2n1. The van der Waals surface area contributed by atoms with Crippen LogP contribution in [0.1, 0.15) is 40.7 Å². The van der Waals surface area contributed by atoms with Crippen LogP contribution in [0.4, 0.5) is 24.8 Å². The zero-order valence-corrected chi connectivity index (χ0v) is 24.5. The molecule has 0 unspecified atom stereocenters. The molecule has 0 aliphatic rings. The minimum absolute atomic E-state index is 0.180. The molecule has 3 aromatic heterocycles. The lowest BCUT2D eigenvalue weighted by Gasteiger charge is -2.19. The van der Waals surface area contributed by atoms with E-state index in [2.05, 4.69) is 20.4 Å². The van der Waals surface area contributed by atoms with Crippen molar-refractivity contribution >= 4 is 40.1 Å². The molecule has 0 fully saturated rings. The molecular formula is C29H26ClF3N8O4. The average Bonchev–Trinajstić information content (AvgIpc) is 3.36. The molecule has 2 aromatic carbocycles. The van der Waals surface area contributed by atoms with E-state index >= 15 is 0 Å². The van der Waals surface area contributed by atoms with Gasteiger partial charge in [0.25, 0.3) is 0 Å². The fourth-order valence-corrected chi connectivity index (χ4v) is 5.28. The Morgan fingerprint density at radius 3 is 2.53 bits per heavy atom. The topological polar surface area (TPSA) is 163 Å². The Balaban J connectivity index is 1.73. The van der Waals surface area contributed by atoms with Gasteiger partial charge in [-0.1, -0.05) is 18.0 Å². The molecule has 5 rings (SSSR count). The van der Waals surface area contributed by atoms with Crippen molar-refractivity contribution in [2.75, 3.05) is 11.9 Å². The summed E-state index contributed by atoms with van der Waals surface area (Å²) < 4.78 is 45.0. The third kappa shape index (κ3) is 6.30. The Kier molecular flexibility index (Phi) is 9.01. The van der Waals surface area contributed by atoms with E-state index in [1.54, 1.807) is 24.0 Å². The predicted molar refractivity (Wildman–Crippen MR) is 160 cm³/mol. The number of carboxylic acid groups (broad SMARTS) is 1. The number of unbranched alkanes of at least 4 members (excludes halogenated alkanes) is 2. The number of carbonyl (C=O) groups is 1. The summed E-state index contributed by atoms with van der Waals surface area (Å²) in [5.74, 6) is -6.53. The van der Waals surface area contributed by atoms with Crippen LogP contribution in [0.15, 0.2) is 52.4 Å². The van der Waals surface area contributed by atoms with Crippen LogP contribution in [0.5, 0.6) is 0 Å². The van der Waals surface area contributed by atoms with Crippen molar-refractivity contribution in [2.45, 2.75) is 32.2 Å². The fourth-order valence-electron chi connectivity index (χ4n) is 5.01. The molecule has 0 spiro atoms. The van der Waals surface area contributed by atoms with E-state index in [9.17, 15) is 32.7 Å². The van der Waals surface area contributed by atoms with Crippen molar-refractivity contribution in [3.05, 3.63) is 103 Å². The monoisotopic (exact) mass is 642 g/mol. The number of hydrogen-bond donors (Lipinski definition) is 3. The van der Waals surface area contributed by atoms with Crippen molar-refractivity contribution < 1.29 is 23.1 Å². The van der Waals surface area contributed by atoms with Gasteiger partial charge in [-0.15, -0.1) is 0 Å². The summed E-state index contributed by atoms with van der Waals surface area (Å²) in [6.07, 6.45) is 6.75. The number of nitrogens with zero attached hydrogens (tertiary/aromatic N) is 6. The number of aromatic nitrogens is 6. The molecule has 3 heterocycles. The number of nitrogens with two attached hydrogens (primary N) is 1. The van der Waals surface area contributed by atoms with Crippen LogP contribution in [0.2, 0.25) is 5.02 Å². The van der Waals surface area contributed by atoms with Gasteiger partial charge in [0.1, 0.15) is 0 Å². The Hall–Kier alpha value is -5.02. The largest absolute Gasteiger partial charge is 0.478 e. The van der Waals surface area contributed by atoms with Crippen LogP contribution in [0.25, 0.3) is 16.6 Å². The number of pyridine rings is 1. The van der Waals surface area contributed by atoms with Gasteiger partial charge in [0.05, 0.1) is 40.2 Å². The number of nitrogens with one attached hydrogen (secondary N) is 1. The highest BCUT2D eigenvalue weighted by atomic mass is 35.5. The molecule has 12 nitrogen and oxygen atoms in total. The molecule has 45 heavy (non-hydrogen) atoms. The first kappa shape index (κ1) is 31.4. The Morgan fingerprint density at radius 2 is 1.84 bits per heavy atom. The van der Waals surface area contributed by atoms with E-state index in [1.165, 1.54) is 0 Å². The van der Waals surface area contributed by atoms with E-state index in [1.807, 2.05) is 0 Å². The molecule has 234 valence electrons. The summed E-state index contributed by atoms with van der Waals surface area (Å²) >= 11 is 6.70. The van der Waals surface area contributed by atoms with E-state index in [4.69, 9.17) is 17.3 Å². The molecule has 0 bridgehead atoms. The highest BCUT2D eigenvalue weighted by Gasteiger charge is 2.23. The van der Waals surface area contributed by atoms with Crippen molar-refractivity contribution in [1.82, 2.24) is 28.9 Å². The Bertz CT molecular complexity index is 2040. The molecule has 0 radical (unpaired) electrons. The number of carboxylic acids is 1. The number of rotatable bonds is 11. The van der Waals surface area contributed by atoms with E-state index in [0.29, 0.717) is 52.9 Å². The van der Waals surface area contributed by atoms with Gasteiger partial charge in [-0.2, -0.15) is 10.1 Å². The number of aromatic carboxylic acids is 1. The van der Waals surface area contributed by atoms with Gasteiger partial charge in [0.15, 0.2) is 17.5 Å². The molecule has 0 aliphatic heterocycles. The second kappa shape index (κ2) is 12.9. The number of anilines is 2. The Morgan fingerprint density at radius 1 is 1.11 bits per heavy atom. The number of fused-ring (bicyclic) bond motifs is 1. The first-order valence-corrected chi connectivity index (χ1v) is 14.0. The molecule has 4 N–H and O–H groups in total. The Labute approximate surface area is 257 Å². The van der Waals surface area contributed by atoms with Crippen LogP contribution < -0.4 is 22.4 Å². The van der Waals surface area contributed by atoms with Crippen LogP contribution >= 0.6 is 11.6 Å². The minimum atomic E-state index is -1.70. The lowest BCUT2D eigenvalue weighted by atomic mass is 10.0. The number of halogens is 4. The van der Waals surface area contributed by atoms with Crippen LogP contribution in [-0.2, 0) is 20.0 Å². The molecule has 5 aromatic rings. The normalized spacial score (nSPS) is 11.3. The second-order valence-electron chi connectivity index (χ2n) is 10.2. The highest BCUT2D eigenvalue weighted by molar-refractivity contribution is 6.34. The van der Waals surface area contributed by atoms with Gasteiger partial charge >= 0.3 is 17.3 Å². The van der Waals surface area contributed by atoms with Crippen molar-refractivity contribution in [3.63, 3.8) is 0 Å².